The summed E-state index contributed by atoms with van der Waals surface area (Å²) in [5.41, 5.74) is 3.20. The molecule has 13 heavy (non-hydrogen) atoms. The summed E-state index contributed by atoms with van der Waals surface area (Å²) in [7, 11) is 0. The predicted octanol–water partition coefficient (Wildman–Crippen LogP) is 2.08. The molecule has 1 saturated heterocycles. The molecular formula is C12H15N. The maximum absolute atomic E-state index is 3.59. The highest BCUT2D eigenvalue weighted by Crippen LogP contribution is 2.35. The van der Waals surface area contributed by atoms with E-state index >= 15 is 0 Å². The third-order valence-corrected chi connectivity index (χ3v) is 3.46. The molecule has 0 radical (unpaired) electrons. The summed E-state index contributed by atoms with van der Waals surface area (Å²) in [6, 6.07) is 9.72. The van der Waals surface area contributed by atoms with Gasteiger partial charge in [-0.05, 0) is 42.9 Å². The first kappa shape index (κ1) is 7.57. The molecule has 68 valence electrons. The minimum absolute atomic E-state index is 0.758. The molecule has 2 atom stereocenters. The minimum Gasteiger partial charge on any atom is -0.314 e. The molecule has 1 heterocycles. The van der Waals surface area contributed by atoms with Crippen molar-refractivity contribution in [1.82, 2.24) is 5.32 Å². The largest absolute Gasteiger partial charge is 0.314 e. The predicted molar refractivity (Wildman–Crippen MR) is 53.9 cm³/mol. The van der Waals surface area contributed by atoms with Crippen LogP contribution in [0.2, 0.25) is 0 Å². The number of benzene rings is 1. The van der Waals surface area contributed by atoms with Crippen LogP contribution in [0.4, 0.5) is 0 Å². The average molecular weight is 173 g/mol. The Labute approximate surface area is 79.2 Å². The van der Waals surface area contributed by atoms with E-state index in [-0.39, 0.29) is 0 Å². The molecule has 0 amide bonds. The summed E-state index contributed by atoms with van der Waals surface area (Å²) >= 11 is 0. The van der Waals surface area contributed by atoms with Gasteiger partial charge in [-0.3, -0.25) is 0 Å². The van der Waals surface area contributed by atoms with Gasteiger partial charge in [0, 0.05) is 6.04 Å². The van der Waals surface area contributed by atoms with Gasteiger partial charge in [0.1, 0.15) is 0 Å². The number of hydrogen-bond donors (Lipinski definition) is 1. The lowest BCUT2D eigenvalue weighted by Crippen LogP contribution is -2.41. The van der Waals surface area contributed by atoms with Crippen molar-refractivity contribution < 1.29 is 0 Å². The van der Waals surface area contributed by atoms with Gasteiger partial charge in [0.25, 0.3) is 0 Å². The number of piperidine rings is 1. The van der Waals surface area contributed by atoms with Crippen LogP contribution >= 0.6 is 0 Å². The molecule has 1 aromatic carbocycles. The van der Waals surface area contributed by atoms with Crippen LogP contribution in [0.15, 0.2) is 24.3 Å². The maximum atomic E-state index is 3.59. The molecule has 1 nitrogen and oxygen atoms in total. The topological polar surface area (TPSA) is 12.0 Å². The highest BCUT2D eigenvalue weighted by Gasteiger charge is 2.29. The van der Waals surface area contributed by atoms with Gasteiger partial charge >= 0.3 is 0 Å². The van der Waals surface area contributed by atoms with E-state index < -0.39 is 0 Å². The Bertz CT molecular complexity index is 319. The molecule has 1 aliphatic carbocycles. The third-order valence-electron chi connectivity index (χ3n) is 3.46. The molecule has 1 N–H and O–H groups in total. The highest BCUT2D eigenvalue weighted by atomic mass is 14.9. The summed E-state index contributed by atoms with van der Waals surface area (Å²) in [5, 5.41) is 3.59. The maximum Gasteiger partial charge on any atom is 0.0113 e. The number of rotatable bonds is 0. The van der Waals surface area contributed by atoms with Crippen LogP contribution in [-0.2, 0) is 6.42 Å². The van der Waals surface area contributed by atoms with Crippen molar-refractivity contribution in [2.45, 2.75) is 31.2 Å². The molecule has 1 aromatic rings. The van der Waals surface area contributed by atoms with Gasteiger partial charge < -0.3 is 5.32 Å². The Kier molecular flexibility index (Phi) is 1.66. The van der Waals surface area contributed by atoms with Crippen LogP contribution < -0.4 is 5.32 Å². The van der Waals surface area contributed by atoms with Crippen molar-refractivity contribution in [3.8, 4) is 0 Å². The lowest BCUT2D eigenvalue weighted by molar-refractivity contribution is 0.339. The van der Waals surface area contributed by atoms with E-state index in [1.165, 1.54) is 25.8 Å². The van der Waals surface area contributed by atoms with Crippen molar-refractivity contribution >= 4 is 0 Å². The van der Waals surface area contributed by atoms with E-state index in [0.717, 1.165) is 12.0 Å². The van der Waals surface area contributed by atoms with E-state index in [1.807, 2.05) is 0 Å². The first-order valence-electron chi connectivity index (χ1n) is 5.24. The summed E-state index contributed by atoms with van der Waals surface area (Å²) in [6.07, 6.45) is 3.93. The Morgan fingerprint density at radius 3 is 3.15 bits per heavy atom. The standard InChI is InChI=1S/C12H15N/c1-2-4-12-9(3-1)7-11-8-10(12)5-6-13-11/h1-4,10-11,13H,5-8H2/t10-,11?/m1/s1. The van der Waals surface area contributed by atoms with Gasteiger partial charge in [0.15, 0.2) is 0 Å². The van der Waals surface area contributed by atoms with Crippen molar-refractivity contribution in [2.75, 3.05) is 6.54 Å². The van der Waals surface area contributed by atoms with Crippen LogP contribution in [-0.4, -0.2) is 12.6 Å². The summed E-state index contributed by atoms with van der Waals surface area (Å²) in [5.74, 6) is 0.844. The fraction of sp³-hybridized carbons (Fsp3) is 0.500. The zero-order valence-corrected chi connectivity index (χ0v) is 7.79. The normalized spacial score (nSPS) is 31.1. The zero-order valence-electron chi connectivity index (χ0n) is 7.79. The van der Waals surface area contributed by atoms with E-state index in [2.05, 4.69) is 29.6 Å². The molecule has 0 saturated carbocycles. The summed E-state index contributed by atoms with van der Waals surface area (Å²) < 4.78 is 0. The quantitative estimate of drug-likeness (QED) is 0.633. The van der Waals surface area contributed by atoms with Crippen molar-refractivity contribution in [2.24, 2.45) is 0 Å². The van der Waals surface area contributed by atoms with Crippen LogP contribution in [0.3, 0.4) is 0 Å². The van der Waals surface area contributed by atoms with E-state index in [9.17, 15) is 0 Å². The SMILES string of the molecule is c1ccc2c(c1)CC1C[C@H]2CCN1. The van der Waals surface area contributed by atoms with Crippen molar-refractivity contribution in [3.05, 3.63) is 35.4 Å². The molecule has 2 aliphatic rings. The van der Waals surface area contributed by atoms with Gasteiger partial charge in [0.2, 0.25) is 0 Å². The van der Waals surface area contributed by atoms with Crippen molar-refractivity contribution in [1.29, 1.82) is 0 Å². The molecule has 1 heteroatoms. The summed E-state index contributed by atoms with van der Waals surface area (Å²) in [4.78, 5) is 0. The van der Waals surface area contributed by atoms with Crippen LogP contribution in [0, 0.1) is 0 Å². The molecule has 2 bridgehead atoms. The molecule has 3 rings (SSSR count). The van der Waals surface area contributed by atoms with Crippen LogP contribution in [0.1, 0.15) is 29.9 Å². The zero-order chi connectivity index (χ0) is 8.67. The number of fused-ring (bicyclic) bond motifs is 4. The van der Waals surface area contributed by atoms with Crippen LogP contribution in [0.25, 0.3) is 0 Å². The van der Waals surface area contributed by atoms with Crippen molar-refractivity contribution in [3.63, 3.8) is 0 Å². The molecule has 1 fully saturated rings. The molecule has 0 aromatic heterocycles. The highest BCUT2D eigenvalue weighted by molar-refractivity contribution is 5.34. The molecule has 1 aliphatic heterocycles. The smallest absolute Gasteiger partial charge is 0.0113 e. The van der Waals surface area contributed by atoms with E-state index in [0.29, 0.717) is 0 Å². The average Bonchev–Trinajstić information content (AvgIpc) is 2.18. The molecule has 1 unspecified atom stereocenters. The van der Waals surface area contributed by atoms with Gasteiger partial charge in [-0.25, -0.2) is 0 Å². The molecule has 0 spiro atoms. The number of hydrogen-bond acceptors (Lipinski definition) is 1. The van der Waals surface area contributed by atoms with Gasteiger partial charge in [-0.2, -0.15) is 0 Å². The lowest BCUT2D eigenvalue weighted by Gasteiger charge is -2.36. The minimum atomic E-state index is 0.758. The second-order valence-corrected chi connectivity index (χ2v) is 4.28. The number of nitrogens with one attached hydrogen (secondary N) is 1. The Balaban J connectivity index is 2.06. The second-order valence-electron chi connectivity index (χ2n) is 4.28. The second kappa shape index (κ2) is 2.85. The van der Waals surface area contributed by atoms with E-state index in [1.54, 1.807) is 11.1 Å². The van der Waals surface area contributed by atoms with Crippen LogP contribution in [0.5, 0.6) is 0 Å². The lowest BCUT2D eigenvalue weighted by atomic mass is 9.76. The first-order chi connectivity index (χ1) is 6.43. The Hall–Kier alpha value is -0.820. The third kappa shape index (κ3) is 1.19. The first-order valence-corrected chi connectivity index (χ1v) is 5.24. The fourth-order valence-electron chi connectivity index (χ4n) is 2.83. The van der Waals surface area contributed by atoms with Gasteiger partial charge in [0.05, 0.1) is 0 Å². The monoisotopic (exact) mass is 173 g/mol. The molecular weight excluding hydrogens is 158 g/mol. The van der Waals surface area contributed by atoms with Gasteiger partial charge in [-0.15, -0.1) is 0 Å². The van der Waals surface area contributed by atoms with E-state index in [4.69, 9.17) is 0 Å². The Morgan fingerprint density at radius 2 is 2.15 bits per heavy atom. The Morgan fingerprint density at radius 1 is 1.23 bits per heavy atom. The fourth-order valence-corrected chi connectivity index (χ4v) is 2.83. The van der Waals surface area contributed by atoms with Gasteiger partial charge in [-0.1, -0.05) is 24.3 Å². The summed E-state index contributed by atoms with van der Waals surface area (Å²) in [6.45, 7) is 1.21.